The molecule has 5 heteroatoms. The molecule has 0 N–H and O–H groups in total. The van der Waals surface area contributed by atoms with Gasteiger partial charge in [-0.05, 0) is 42.5 Å². The van der Waals surface area contributed by atoms with Gasteiger partial charge in [0.2, 0.25) is 0 Å². The van der Waals surface area contributed by atoms with Crippen LogP contribution in [0.5, 0.6) is 0 Å². The van der Waals surface area contributed by atoms with Crippen LogP contribution in [0, 0.1) is 0 Å². The number of hydrogen-bond donors (Lipinski definition) is 1. The van der Waals surface area contributed by atoms with Crippen LogP contribution in [-0.2, 0) is 6.18 Å². The minimum atomic E-state index is -4.25. The largest absolute Gasteiger partial charge is 0.416 e. The first-order chi connectivity index (χ1) is 10.0. The summed E-state index contributed by atoms with van der Waals surface area (Å²) in [5.41, 5.74) is -0.559. The van der Waals surface area contributed by atoms with E-state index >= 15 is 0 Å². The Kier molecular flexibility index (Phi) is 9.32. The van der Waals surface area contributed by atoms with Gasteiger partial charge >= 0.3 is 6.18 Å². The predicted molar refractivity (Wildman–Crippen MR) is 88.3 cm³/mol. The lowest BCUT2D eigenvalue weighted by molar-refractivity contribution is -0.137. The lowest BCUT2D eigenvalue weighted by atomic mass is 10.1. The Morgan fingerprint density at radius 3 is 2.14 bits per heavy atom. The summed E-state index contributed by atoms with van der Waals surface area (Å²) < 4.78 is 37.7. The Labute approximate surface area is 135 Å². The highest BCUT2D eigenvalue weighted by molar-refractivity contribution is 7.99. The second-order valence-electron chi connectivity index (χ2n) is 5.07. The number of halogens is 3. The number of thiol groups is 1. The molecule has 0 saturated heterocycles. The summed E-state index contributed by atoms with van der Waals surface area (Å²) in [6, 6.07) is 5.58. The van der Waals surface area contributed by atoms with E-state index in [1.165, 1.54) is 56.0 Å². The average Bonchev–Trinajstić information content (AvgIpc) is 2.45. The molecular weight excluding hydrogens is 313 g/mol. The molecule has 0 aliphatic heterocycles. The molecule has 0 fully saturated rings. The number of unbranched alkanes of at least 4 members (excludes halogenated alkanes) is 6. The molecule has 0 nitrogen and oxygen atoms in total. The minimum Gasteiger partial charge on any atom is -0.179 e. The molecular formula is C16H23F3S2. The molecule has 21 heavy (non-hydrogen) atoms. The van der Waals surface area contributed by atoms with Crippen LogP contribution < -0.4 is 0 Å². The van der Waals surface area contributed by atoms with Gasteiger partial charge in [0.05, 0.1) is 5.56 Å². The summed E-state index contributed by atoms with van der Waals surface area (Å²) in [7, 11) is 0. The molecule has 0 heterocycles. The summed E-state index contributed by atoms with van der Waals surface area (Å²) >= 11 is 5.69. The van der Waals surface area contributed by atoms with Gasteiger partial charge < -0.3 is 0 Å². The molecule has 0 bridgehead atoms. The first-order valence-electron chi connectivity index (χ1n) is 7.45. The van der Waals surface area contributed by atoms with E-state index in [0.717, 1.165) is 30.4 Å². The highest BCUT2D eigenvalue weighted by atomic mass is 32.2. The molecule has 1 aromatic rings. The van der Waals surface area contributed by atoms with E-state index in [1.54, 1.807) is 6.07 Å². The van der Waals surface area contributed by atoms with Gasteiger partial charge in [-0.15, -0.1) is 11.8 Å². The monoisotopic (exact) mass is 336 g/mol. The van der Waals surface area contributed by atoms with Crippen LogP contribution in [0.25, 0.3) is 0 Å². The summed E-state index contributed by atoms with van der Waals surface area (Å²) in [6.07, 6.45) is 4.15. The van der Waals surface area contributed by atoms with E-state index in [-0.39, 0.29) is 0 Å². The zero-order chi connectivity index (χ0) is 15.6. The molecule has 1 rings (SSSR count). The van der Waals surface area contributed by atoms with Gasteiger partial charge in [0, 0.05) is 4.90 Å². The van der Waals surface area contributed by atoms with E-state index in [0.29, 0.717) is 4.90 Å². The van der Waals surface area contributed by atoms with Crippen LogP contribution in [0.15, 0.2) is 29.2 Å². The van der Waals surface area contributed by atoms with Crippen molar-refractivity contribution >= 4 is 24.4 Å². The number of rotatable bonds is 10. The lowest BCUT2D eigenvalue weighted by Gasteiger charge is -2.08. The smallest absolute Gasteiger partial charge is 0.179 e. The molecule has 120 valence electrons. The summed E-state index contributed by atoms with van der Waals surface area (Å²) in [6.45, 7) is 0. The fourth-order valence-corrected chi connectivity index (χ4v) is 3.24. The van der Waals surface area contributed by atoms with Gasteiger partial charge in [-0.2, -0.15) is 25.8 Å². The maximum atomic E-state index is 12.6. The van der Waals surface area contributed by atoms with E-state index in [4.69, 9.17) is 0 Å². The molecule has 1 aromatic carbocycles. The van der Waals surface area contributed by atoms with Gasteiger partial charge in [0.1, 0.15) is 0 Å². The summed E-state index contributed by atoms with van der Waals surface area (Å²) in [5, 5.41) is 0. The first-order valence-corrected chi connectivity index (χ1v) is 9.07. The standard InChI is InChI=1S/C16H23F3S2/c17-16(18,19)14-9-8-10-15(13-14)21-12-7-5-3-1-2-4-6-11-20/h8-10,13,20H,1-7,11-12H2. The topological polar surface area (TPSA) is 0 Å². The van der Waals surface area contributed by atoms with E-state index < -0.39 is 11.7 Å². The number of alkyl halides is 3. The van der Waals surface area contributed by atoms with Crippen molar-refractivity contribution in [3.05, 3.63) is 29.8 Å². The zero-order valence-corrected chi connectivity index (χ0v) is 13.9. The third kappa shape index (κ3) is 8.67. The van der Waals surface area contributed by atoms with Crippen molar-refractivity contribution in [3.63, 3.8) is 0 Å². The Morgan fingerprint density at radius 1 is 0.905 bits per heavy atom. The molecule has 0 aliphatic carbocycles. The Hall–Kier alpha value is -0.290. The highest BCUT2D eigenvalue weighted by Crippen LogP contribution is 2.32. The molecule has 0 unspecified atom stereocenters. The molecule has 0 radical (unpaired) electrons. The SMILES string of the molecule is FC(F)(F)c1cccc(SCCCCCCCCCS)c1. The number of hydrogen-bond acceptors (Lipinski definition) is 2. The Bertz CT molecular complexity index is 391. The zero-order valence-electron chi connectivity index (χ0n) is 12.2. The summed E-state index contributed by atoms with van der Waals surface area (Å²) in [5.74, 6) is 1.85. The molecule has 0 aromatic heterocycles. The molecule has 0 spiro atoms. The summed E-state index contributed by atoms with van der Waals surface area (Å²) in [4.78, 5) is 0.707. The Morgan fingerprint density at radius 2 is 1.52 bits per heavy atom. The van der Waals surface area contributed by atoms with Crippen LogP contribution in [0.4, 0.5) is 13.2 Å². The van der Waals surface area contributed by atoms with Crippen molar-refractivity contribution < 1.29 is 13.2 Å². The third-order valence-corrected chi connectivity index (χ3v) is 4.63. The van der Waals surface area contributed by atoms with Crippen LogP contribution in [0.2, 0.25) is 0 Å². The fraction of sp³-hybridized carbons (Fsp3) is 0.625. The highest BCUT2D eigenvalue weighted by Gasteiger charge is 2.30. The van der Waals surface area contributed by atoms with Crippen molar-refractivity contribution in [2.24, 2.45) is 0 Å². The molecule has 0 aliphatic rings. The van der Waals surface area contributed by atoms with Crippen LogP contribution in [-0.4, -0.2) is 11.5 Å². The quantitative estimate of drug-likeness (QED) is 0.291. The van der Waals surface area contributed by atoms with Gasteiger partial charge in [0.25, 0.3) is 0 Å². The van der Waals surface area contributed by atoms with Crippen molar-refractivity contribution in [1.82, 2.24) is 0 Å². The maximum absolute atomic E-state index is 12.6. The fourth-order valence-electron chi connectivity index (χ4n) is 2.05. The first kappa shape index (κ1) is 18.8. The lowest BCUT2D eigenvalue weighted by Crippen LogP contribution is -2.04. The predicted octanol–water partition coefficient (Wildman–Crippen LogP) is 6.46. The van der Waals surface area contributed by atoms with Gasteiger partial charge in [0.15, 0.2) is 0 Å². The molecule has 0 atom stereocenters. The van der Waals surface area contributed by atoms with Crippen LogP contribution in [0.1, 0.15) is 50.5 Å². The van der Waals surface area contributed by atoms with Crippen molar-refractivity contribution in [3.8, 4) is 0 Å². The van der Waals surface area contributed by atoms with E-state index in [2.05, 4.69) is 12.6 Å². The molecule has 0 amide bonds. The van der Waals surface area contributed by atoms with Crippen molar-refractivity contribution in [1.29, 1.82) is 0 Å². The maximum Gasteiger partial charge on any atom is 0.416 e. The molecule has 0 saturated carbocycles. The normalized spacial score (nSPS) is 11.8. The minimum absolute atomic E-state index is 0.559. The van der Waals surface area contributed by atoms with Crippen LogP contribution >= 0.6 is 24.4 Å². The van der Waals surface area contributed by atoms with Crippen molar-refractivity contribution in [2.45, 2.75) is 56.0 Å². The van der Waals surface area contributed by atoms with E-state index in [9.17, 15) is 13.2 Å². The second-order valence-corrected chi connectivity index (χ2v) is 6.69. The number of thioether (sulfide) groups is 1. The number of benzene rings is 1. The Balaban J connectivity index is 2.13. The van der Waals surface area contributed by atoms with Crippen molar-refractivity contribution in [2.75, 3.05) is 11.5 Å². The average molecular weight is 336 g/mol. The van der Waals surface area contributed by atoms with Gasteiger partial charge in [-0.1, -0.05) is 38.2 Å². The van der Waals surface area contributed by atoms with Gasteiger partial charge in [-0.3, -0.25) is 0 Å². The van der Waals surface area contributed by atoms with Gasteiger partial charge in [-0.25, -0.2) is 0 Å². The van der Waals surface area contributed by atoms with E-state index in [1.807, 2.05) is 0 Å². The van der Waals surface area contributed by atoms with Crippen LogP contribution in [0.3, 0.4) is 0 Å². The second kappa shape index (κ2) is 10.4. The third-order valence-electron chi connectivity index (χ3n) is 3.23.